The molecule has 2 aromatic heterocycles. The molecule has 2 aromatic rings. The third kappa shape index (κ3) is 5.03. The molecule has 0 unspecified atom stereocenters. The fourth-order valence-electron chi connectivity index (χ4n) is 3.15. The van der Waals surface area contributed by atoms with E-state index in [4.69, 9.17) is 11.6 Å². The molecule has 0 aliphatic carbocycles. The van der Waals surface area contributed by atoms with Crippen LogP contribution in [0.4, 0.5) is 0 Å². The Morgan fingerprint density at radius 1 is 1.45 bits per heavy atom. The number of nitrogens with one attached hydrogen (secondary N) is 1. The monoisotopic (exact) mass is 436 g/mol. The normalized spacial score (nSPS) is 14.8. The van der Waals surface area contributed by atoms with E-state index < -0.39 is 4.92 Å². The first-order valence-corrected chi connectivity index (χ1v) is 10.2. The molecule has 0 saturated carbocycles. The first-order chi connectivity index (χ1) is 13.9. The Morgan fingerprint density at radius 3 is 2.83 bits per heavy atom. The quantitative estimate of drug-likeness (QED) is 0.405. The van der Waals surface area contributed by atoms with E-state index in [1.165, 1.54) is 11.3 Å². The van der Waals surface area contributed by atoms with Gasteiger partial charge in [-0.15, -0.1) is 11.3 Å². The van der Waals surface area contributed by atoms with E-state index in [0.29, 0.717) is 35.6 Å². The van der Waals surface area contributed by atoms with Crippen molar-refractivity contribution in [3.63, 3.8) is 0 Å². The minimum absolute atomic E-state index is 0.000837. The molecule has 1 aliphatic heterocycles. The van der Waals surface area contributed by atoms with E-state index in [-0.39, 0.29) is 18.1 Å². The standard InChI is InChI=1S/C18H21ClN6O3S/c1-3-23(10-13-6-7-16(19)20-9-13)18-14(25(27)28)11-24(12-22(18)2)21-17(26)15-5-4-8-29-15/h4-9H,3,10-12H2,1-2H3,(H,21,26). The van der Waals surface area contributed by atoms with Crippen molar-refractivity contribution in [2.24, 2.45) is 0 Å². The maximum atomic E-state index is 12.3. The highest BCUT2D eigenvalue weighted by Gasteiger charge is 2.34. The highest BCUT2D eigenvalue weighted by atomic mass is 35.5. The molecule has 0 aromatic carbocycles. The van der Waals surface area contributed by atoms with E-state index in [0.717, 1.165) is 5.56 Å². The number of carbonyl (C=O) groups excluding carboxylic acids is 1. The van der Waals surface area contributed by atoms with Crippen molar-refractivity contribution < 1.29 is 9.72 Å². The third-order valence-electron chi connectivity index (χ3n) is 4.41. The number of pyridine rings is 1. The molecular weight excluding hydrogens is 416 g/mol. The predicted molar refractivity (Wildman–Crippen MR) is 110 cm³/mol. The molecule has 0 atom stereocenters. The lowest BCUT2D eigenvalue weighted by atomic mass is 10.2. The topological polar surface area (TPSA) is 94.8 Å². The summed E-state index contributed by atoms with van der Waals surface area (Å²) in [6.07, 6.45) is 1.66. The first kappa shape index (κ1) is 21.0. The van der Waals surface area contributed by atoms with Crippen molar-refractivity contribution in [2.45, 2.75) is 13.5 Å². The van der Waals surface area contributed by atoms with Gasteiger partial charge in [0.05, 0.1) is 16.5 Å². The van der Waals surface area contributed by atoms with Gasteiger partial charge in [0.25, 0.3) is 5.91 Å². The molecule has 9 nitrogen and oxygen atoms in total. The Labute approximate surface area is 177 Å². The minimum atomic E-state index is -0.391. The van der Waals surface area contributed by atoms with Crippen LogP contribution in [0.25, 0.3) is 0 Å². The zero-order valence-corrected chi connectivity index (χ0v) is 17.6. The van der Waals surface area contributed by atoms with Gasteiger partial charge >= 0.3 is 5.70 Å². The minimum Gasteiger partial charge on any atom is -0.349 e. The van der Waals surface area contributed by atoms with E-state index in [1.54, 1.807) is 41.4 Å². The molecule has 11 heteroatoms. The number of amides is 1. The number of nitrogens with zero attached hydrogens (tertiary/aromatic N) is 5. The van der Waals surface area contributed by atoms with Crippen molar-refractivity contribution in [1.82, 2.24) is 25.2 Å². The van der Waals surface area contributed by atoms with Gasteiger partial charge in [0, 0.05) is 26.3 Å². The summed E-state index contributed by atoms with van der Waals surface area (Å²) in [6, 6.07) is 7.04. The van der Waals surface area contributed by atoms with Gasteiger partial charge in [0.1, 0.15) is 11.7 Å². The van der Waals surface area contributed by atoms with Crippen molar-refractivity contribution in [2.75, 3.05) is 26.8 Å². The Bertz CT molecular complexity index is 903. The second-order valence-electron chi connectivity index (χ2n) is 6.49. The Hall–Kier alpha value is -2.69. The summed E-state index contributed by atoms with van der Waals surface area (Å²) in [5.41, 5.74) is 3.67. The number of halogens is 1. The number of rotatable bonds is 7. The highest BCUT2D eigenvalue weighted by Crippen LogP contribution is 2.23. The molecule has 1 amide bonds. The molecule has 0 spiro atoms. The third-order valence-corrected chi connectivity index (χ3v) is 5.50. The number of hydrogen-bond acceptors (Lipinski definition) is 8. The van der Waals surface area contributed by atoms with Crippen molar-refractivity contribution in [3.05, 3.63) is 73.1 Å². The number of aromatic nitrogens is 1. The number of carbonyl (C=O) groups is 1. The molecule has 1 N–H and O–H groups in total. The predicted octanol–water partition coefficient (Wildman–Crippen LogP) is 2.61. The molecule has 0 saturated heterocycles. The van der Waals surface area contributed by atoms with Gasteiger partial charge in [-0.1, -0.05) is 23.7 Å². The second-order valence-corrected chi connectivity index (χ2v) is 7.82. The van der Waals surface area contributed by atoms with Crippen LogP contribution in [0.1, 0.15) is 22.2 Å². The summed E-state index contributed by atoms with van der Waals surface area (Å²) < 4.78 is 0. The summed E-state index contributed by atoms with van der Waals surface area (Å²) in [6.45, 7) is 3.28. The highest BCUT2D eigenvalue weighted by molar-refractivity contribution is 7.12. The summed E-state index contributed by atoms with van der Waals surface area (Å²) in [4.78, 5) is 32.1. The molecule has 3 rings (SSSR count). The first-order valence-electron chi connectivity index (χ1n) is 8.92. The van der Waals surface area contributed by atoms with E-state index >= 15 is 0 Å². The lowest BCUT2D eigenvalue weighted by Gasteiger charge is -2.39. The summed E-state index contributed by atoms with van der Waals surface area (Å²) in [7, 11) is 1.77. The number of hydrazine groups is 1. The van der Waals surface area contributed by atoms with Crippen LogP contribution in [0.2, 0.25) is 5.15 Å². The summed E-state index contributed by atoms with van der Waals surface area (Å²) >= 11 is 7.16. The second kappa shape index (κ2) is 9.21. The smallest absolute Gasteiger partial charge is 0.302 e. The summed E-state index contributed by atoms with van der Waals surface area (Å²) in [5.74, 6) is 0.244. The van der Waals surface area contributed by atoms with Gasteiger partial charge in [-0.05, 0) is 30.0 Å². The van der Waals surface area contributed by atoms with Crippen LogP contribution in [0.3, 0.4) is 0 Å². The van der Waals surface area contributed by atoms with Crippen LogP contribution in [0.5, 0.6) is 0 Å². The maximum Gasteiger partial charge on any atom is 0.302 e. The largest absolute Gasteiger partial charge is 0.349 e. The van der Waals surface area contributed by atoms with Crippen LogP contribution in [0, 0.1) is 10.1 Å². The molecule has 0 fully saturated rings. The average Bonchev–Trinajstić information content (AvgIpc) is 3.22. The van der Waals surface area contributed by atoms with Crippen LogP contribution >= 0.6 is 22.9 Å². The Kier molecular flexibility index (Phi) is 6.68. The lowest BCUT2D eigenvalue weighted by molar-refractivity contribution is -0.434. The van der Waals surface area contributed by atoms with Gasteiger partial charge in [0.2, 0.25) is 0 Å². The molecule has 29 heavy (non-hydrogen) atoms. The number of hydrogen-bond donors (Lipinski definition) is 1. The molecule has 1 aliphatic rings. The van der Waals surface area contributed by atoms with Crippen LogP contribution in [-0.4, -0.2) is 57.4 Å². The fraction of sp³-hybridized carbons (Fsp3) is 0.333. The van der Waals surface area contributed by atoms with Crippen molar-refractivity contribution in [1.29, 1.82) is 0 Å². The van der Waals surface area contributed by atoms with E-state index in [9.17, 15) is 14.9 Å². The van der Waals surface area contributed by atoms with Gasteiger partial charge in [-0.3, -0.25) is 20.3 Å². The molecule has 154 valence electrons. The SMILES string of the molecule is CCN(Cc1ccc(Cl)nc1)C1=C([N+](=O)[O-])CN(NC(=O)c2cccs2)CN1C. The zero-order valence-electron chi connectivity index (χ0n) is 16.0. The molecule has 0 radical (unpaired) electrons. The summed E-state index contributed by atoms with van der Waals surface area (Å²) in [5, 5.41) is 15.6. The van der Waals surface area contributed by atoms with E-state index in [1.807, 2.05) is 23.3 Å². The molecule has 3 heterocycles. The molecule has 0 bridgehead atoms. The van der Waals surface area contributed by atoms with Crippen molar-refractivity contribution in [3.8, 4) is 0 Å². The van der Waals surface area contributed by atoms with Crippen LogP contribution in [0.15, 0.2) is 47.4 Å². The Morgan fingerprint density at radius 2 is 2.24 bits per heavy atom. The van der Waals surface area contributed by atoms with Crippen LogP contribution in [-0.2, 0) is 6.54 Å². The molecular formula is C18H21ClN6O3S. The van der Waals surface area contributed by atoms with Crippen LogP contribution < -0.4 is 5.43 Å². The number of nitro groups is 1. The van der Waals surface area contributed by atoms with Gasteiger partial charge < -0.3 is 9.80 Å². The Balaban J connectivity index is 1.81. The van der Waals surface area contributed by atoms with Gasteiger partial charge in [-0.2, -0.15) is 5.01 Å². The fourth-order valence-corrected chi connectivity index (χ4v) is 3.87. The average molecular weight is 437 g/mol. The zero-order chi connectivity index (χ0) is 21.0. The lowest BCUT2D eigenvalue weighted by Crippen LogP contribution is -2.54. The van der Waals surface area contributed by atoms with E-state index in [2.05, 4.69) is 10.4 Å². The van der Waals surface area contributed by atoms with Gasteiger partial charge in [-0.25, -0.2) is 4.98 Å². The number of thiophene rings is 1. The maximum absolute atomic E-state index is 12.3. The van der Waals surface area contributed by atoms with Gasteiger partial charge in [0.15, 0.2) is 5.82 Å². The van der Waals surface area contributed by atoms with Crippen molar-refractivity contribution >= 4 is 28.8 Å².